The van der Waals surface area contributed by atoms with Gasteiger partial charge in [-0.25, -0.2) is 4.39 Å². The van der Waals surface area contributed by atoms with E-state index in [9.17, 15) is 13.2 Å². The molecule has 0 amide bonds. The number of halogens is 3. The summed E-state index contributed by atoms with van der Waals surface area (Å²) in [5, 5.41) is 0. The van der Waals surface area contributed by atoms with E-state index in [1.165, 1.54) is 12.2 Å². The van der Waals surface area contributed by atoms with E-state index in [4.69, 9.17) is 0 Å². The molecule has 52 valence electrons. The summed E-state index contributed by atoms with van der Waals surface area (Å²) >= 11 is 0. The van der Waals surface area contributed by atoms with Gasteiger partial charge in [-0.3, -0.25) is 0 Å². The summed E-state index contributed by atoms with van der Waals surface area (Å²) in [6, 6.07) is 0. The van der Waals surface area contributed by atoms with Gasteiger partial charge in [0.15, 0.2) is 5.83 Å². The van der Waals surface area contributed by atoms with Crippen LogP contribution in [0.3, 0.4) is 0 Å². The van der Waals surface area contributed by atoms with E-state index >= 15 is 0 Å². The van der Waals surface area contributed by atoms with Crippen LogP contribution in [0.2, 0.25) is 0 Å². The summed E-state index contributed by atoms with van der Waals surface area (Å²) in [4.78, 5) is 0. The Kier molecular flexibility index (Phi) is 3.84. The first-order valence-corrected chi connectivity index (χ1v) is 2.49. The lowest BCUT2D eigenvalue weighted by Crippen LogP contribution is -1.71. The molecule has 0 saturated carbocycles. The third-order valence-electron chi connectivity index (χ3n) is 0.738. The molecule has 3 heteroatoms. The van der Waals surface area contributed by atoms with Crippen molar-refractivity contribution in [2.45, 2.75) is 13.3 Å². The van der Waals surface area contributed by atoms with E-state index in [1.807, 2.05) is 0 Å². The van der Waals surface area contributed by atoms with Crippen molar-refractivity contribution in [1.82, 2.24) is 0 Å². The van der Waals surface area contributed by atoms with Gasteiger partial charge in [0.25, 0.3) is 0 Å². The molecule has 0 N–H and O–H groups in total. The Bertz CT molecular complexity index is 131. The quantitative estimate of drug-likeness (QED) is 0.512. The van der Waals surface area contributed by atoms with Crippen molar-refractivity contribution in [3.8, 4) is 0 Å². The van der Waals surface area contributed by atoms with Crippen LogP contribution in [0.1, 0.15) is 13.3 Å². The number of hydrogen-bond donors (Lipinski definition) is 0. The topological polar surface area (TPSA) is 0 Å². The number of allylic oxidation sites excluding steroid dienone is 3. The second-order valence-corrected chi connectivity index (χ2v) is 1.44. The van der Waals surface area contributed by atoms with E-state index < -0.39 is 11.9 Å². The molecule has 0 aliphatic rings. The fraction of sp³-hybridized carbons (Fsp3) is 0.333. The maximum absolute atomic E-state index is 11.8. The van der Waals surface area contributed by atoms with Crippen LogP contribution in [0.25, 0.3) is 0 Å². The second kappa shape index (κ2) is 4.18. The highest BCUT2D eigenvalue weighted by atomic mass is 19.3. The zero-order valence-corrected chi connectivity index (χ0v) is 5.00. The second-order valence-electron chi connectivity index (χ2n) is 1.44. The van der Waals surface area contributed by atoms with Crippen LogP contribution in [0, 0.1) is 0 Å². The summed E-state index contributed by atoms with van der Waals surface area (Å²) in [5.41, 5.74) is 0. The fourth-order valence-electron chi connectivity index (χ4n) is 0.298. The average Bonchev–Trinajstić information content (AvgIpc) is 1.82. The van der Waals surface area contributed by atoms with Crippen molar-refractivity contribution in [2.75, 3.05) is 0 Å². The molecule has 0 aliphatic carbocycles. The molecular formula is C6H7F3. The molecule has 0 aliphatic heterocycles. The Balaban J connectivity index is 3.77. The molecule has 0 aromatic carbocycles. The van der Waals surface area contributed by atoms with Crippen LogP contribution >= 0.6 is 0 Å². The Morgan fingerprint density at radius 3 is 2.22 bits per heavy atom. The van der Waals surface area contributed by atoms with Crippen molar-refractivity contribution in [1.29, 1.82) is 0 Å². The van der Waals surface area contributed by atoms with Crippen molar-refractivity contribution in [3.63, 3.8) is 0 Å². The molecule has 9 heavy (non-hydrogen) atoms. The van der Waals surface area contributed by atoms with Crippen LogP contribution in [0.5, 0.6) is 0 Å². The van der Waals surface area contributed by atoms with Crippen LogP contribution in [0.15, 0.2) is 24.1 Å². The Morgan fingerprint density at radius 1 is 1.33 bits per heavy atom. The molecule has 0 nitrogen and oxygen atoms in total. The summed E-state index contributed by atoms with van der Waals surface area (Å²) in [7, 11) is 0. The largest absolute Gasteiger partial charge is 0.301 e. The predicted octanol–water partition coefficient (Wildman–Crippen LogP) is 3.03. The normalized spacial score (nSPS) is 10.2. The number of rotatable bonds is 2. The SMILES string of the molecule is CC=CCC(F)=C(F)F. The predicted molar refractivity (Wildman–Crippen MR) is 29.8 cm³/mol. The highest BCUT2D eigenvalue weighted by Gasteiger charge is 2.00. The molecule has 0 heterocycles. The van der Waals surface area contributed by atoms with Crippen LogP contribution in [0.4, 0.5) is 13.2 Å². The van der Waals surface area contributed by atoms with E-state index in [-0.39, 0.29) is 6.42 Å². The van der Waals surface area contributed by atoms with Gasteiger partial charge in [0, 0.05) is 6.42 Å². The monoisotopic (exact) mass is 136 g/mol. The lowest BCUT2D eigenvalue weighted by atomic mass is 10.3. The Hall–Kier alpha value is -0.730. The molecule has 0 radical (unpaired) electrons. The highest BCUT2D eigenvalue weighted by Crippen LogP contribution is 2.12. The van der Waals surface area contributed by atoms with Crippen molar-refractivity contribution in [2.24, 2.45) is 0 Å². The van der Waals surface area contributed by atoms with Gasteiger partial charge in [0.1, 0.15) is 0 Å². The van der Waals surface area contributed by atoms with E-state index in [2.05, 4.69) is 0 Å². The third-order valence-corrected chi connectivity index (χ3v) is 0.738. The zero-order valence-electron chi connectivity index (χ0n) is 5.00. The van der Waals surface area contributed by atoms with E-state index in [0.717, 1.165) is 0 Å². The van der Waals surface area contributed by atoms with Gasteiger partial charge in [-0.05, 0) is 6.92 Å². The van der Waals surface area contributed by atoms with Crippen LogP contribution in [-0.2, 0) is 0 Å². The van der Waals surface area contributed by atoms with Crippen LogP contribution in [-0.4, -0.2) is 0 Å². The first-order valence-electron chi connectivity index (χ1n) is 2.49. The van der Waals surface area contributed by atoms with Crippen molar-refractivity contribution >= 4 is 0 Å². The summed E-state index contributed by atoms with van der Waals surface area (Å²) in [6.07, 6.45) is 0.309. The smallest absolute Gasteiger partial charge is 0.206 e. The average molecular weight is 136 g/mol. The summed E-state index contributed by atoms with van der Waals surface area (Å²) in [5.74, 6) is -1.35. The molecule has 0 aromatic heterocycles. The van der Waals surface area contributed by atoms with E-state index in [0.29, 0.717) is 0 Å². The molecule has 0 saturated heterocycles. The van der Waals surface area contributed by atoms with Gasteiger partial charge in [0.2, 0.25) is 0 Å². The minimum absolute atomic E-state index is 0.307. The standard InChI is InChI=1S/C6H7F3/c1-2-3-4-5(7)6(8)9/h2-3H,4H2,1H3. The molecule has 0 aromatic rings. The van der Waals surface area contributed by atoms with E-state index in [1.54, 1.807) is 6.92 Å². The fourth-order valence-corrected chi connectivity index (χ4v) is 0.298. The minimum atomic E-state index is -2.23. The molecule has 0 rings (SSSR count). The zero-order chi connectivity index (χ0) is 7.28. The maximum atomic E-state index is 11.8. The lowest BCUT2D eigenvalue weighted by Gasteiger charge is -1.85. The summed E-state index contributed by atoms with van der Waals surface area (Å²) in [6.45, 7) is 1.64. The summed E-state index contributed by atoms with van der Waals surface area (Å²) < 4.78 is 34.2. The first kappa shape index (κ1) is 8.27. The van der Waals surface area contributed by atoms with Gasteiger partial charge in [0.05, 0.1) is 0 Å². The maximum Gasteiger partial charge on any atom is 0.301 e. The molecule has 0 bridgehead atoms. The molecule has 0 unspecified atom stereocenters. The van der Waals surface area contributed by atoms with Crippen LogP contribution < -0.4 is 0 Å². The minimum Gasteiger partial charge on any atom is -0.206 e. The number of hydrogen-bond acceptors (Lipinski definition) is 0. The molecule has 0 atom stereocenters. The third kappa shape index (κ3) is 3.82. The molecule has 0 fully saturated rings. The van der Waals surface area contributed by atoms with Gasteiger partial charge < -0.3 is 0 Å². The van der Waals surface area contributed by atoms with Gasteiger partial charge in [-0.15, -0.1) is 0 Å². The van der Waals surface area contributed by atoms with Gasteiger partial charge in [-0.2, -0.15) is 8.78 Å². The van der Waals surface area contributed by atoms with Gasteiger partial charge >= 0.3 is 6.08 Å². The lowest BCUT2D eigenvalue weighted by molar-refractivity contribution is 0.375. The van der Waals surface area contributed by atoms with Gasteiger partial charge in [-0.1, -0.05) is 12.2 Å². The highest BCUT2D eigenvalue weighted by molar-refractivity contribution is 4.98. The van der Waals surface area contributed by atoms with Crippen molar-refractivity contribution < 1.29 is 13.2 Å². The molecular weight excluding hydrogens is 129 g/mol. The molecule has 0 spiro atoms. The first-order chi connectivity index (χ1) is 4.18. The Morgan fingerprint density at radius 2 is 1.89 bits per heavy atom. The Labute approximate surface area is 51.7 Å². The van der Waals surface area contributed by atoms with Crippen molar-refractivity contribution in [3.05, 3.63) is 24.1 Å².